The van der Waals surface area contributed by atoms with Crippen LogP contribution in [0.3, 0.4) is 0 Å². The van der Waals surface area contributed by atoms with Gasteiger partial charge in [0, 0.05) is 31.8 Å². The van der Waals surface area contributed by atoms with Crippen molar-refractivity contribution in [3.8, 4) is 0 Å². The van der Waals surface area contributed by atoms with Crippen LogP contribution in [0.4, 0.5) is 0 Å². The highest BCUT2D eigenvalue weighted by atomic mass is 16.5. The van der Waals surface area contributed by atoms with E-state index in [0.717, 1.165) is 38.3 Å². The quantitative estimate of drug-likeness (QED) is 0.812. The lowest BCUT2D eigenvalue weighted by Crippen LogP contribution is -2.32. The largest absolute Gasteiger partial charge is 0.381 e. The maximum Gasteiger partial charge on any atom is 0.0537 e. The van der Waals surface area contributed by atoms with Crippen LogP contribution < -0.4 is 5.32 Å². The molecule has 17 heavy (non-hydrogen) atoms. The SMILES string of the molecule is C1C[C@H]2CNC[C@]2(COCC2CCOCC2)C1. The van der Waals surface area contributed by atoms with Gasteiger partial charge in [0.15, 0.2) is 0 Å². The lowest BCUT2D eigenvalue weighted by molar-refractivity contribution is -0.0107. The molecule has 2 aliphatic heterocycles. The van der Waals surface area contributed by atoms with E-state index in [-0.39, 0.29) is 0 Å². The van der Waals surface area contributed by atoms with Crippen molar-refractivity contribution in [2.24, 2.45) is 17.3 Å². The van der Waals surface area contributed by atoms with E-state index >= 15 is 0 Å². The zero-order chi connectivity index (χ0) is 11.6. The van der Waals surface area contributed by atoms with Gasteiger partial charge in [0.25, 0.3) is 0 Å². The van der Waals surface area contributed by atoms with Gasteiger partial charge in [0.2, 0.25) is 0 Å². The Bertz CT molecular complexity index is 241. The van der Waals surface area contributed by atoms with Gasteiger partial charge in [-0.15, -0.1) is 0 Å². The van der Waals surface area contributed by atoms with Crippen molar-refractivity contribution in [3.05, 3.63) is 0 Å². The van der Waals surface area contributed by atoms with Crippen LogP contribution in [0.25, 0.3) is 0 Å². The molecule has 2 atom stereocenters. The molecule has 98 valence electrons. The number of fused-ring (bicyclic) bond motifs is 1. The third-order valence-corrected chi connectivity index (χ3v) is 5.05. The van der Waals surface area contributed by atoms with Gasteiger partial charge in [0.1, 0.15) is 0 Å². The third-order valence-electron chi connectivity index (χ3n) is 5.05. The van der Waals surface area contributed by atoms with Gasteiger partial charge in [-0.25, -0.2) is 0 Å². The first-order chi connectivity index (χ1) is 8.39. The molecule has 2 saturated heterocycles. The molecule has 3 nitrogen and oxygen atoms in total. The van der Waals surface area contributed by atoms with Crippen molar-refractivity contribution in [1.29, 1.82) is 0 Å². The number of nitrogens with one attached hydrogen (secondary N) is 1. The predicted molar refractivity (Wildman–Crippen MR) is 67.0 cm³/mol. The number of hydrogen-bond donors (Lipinski definition) is 1. The van der Waals surface area contributed by atoms with Crippen LogP contribution in [-0.2, 0) is 9.47 Å². The van der Waals surface area contributed by atoms with E-state index in [9.17, 15) is 0 Å². The molecule has 0 aromatic carbocycles. The van der Waals surface area contributed by atoms with Crippen LogP contribution in [0.1, 0.15) is 32.1 Å². The molecule has 1 saturated carbocycles. The Kier molecular flexibility index (Phi) is 3.69. The van der Waals surface area contributed by atoms with E-state index in [1.807, 2.05) is 0 Å². The second-order valence-corrected chi connectivity index (χ2v) is 6.15. The van der Waals surface area contributed by atoms with E-state index in [0.29, 0.717) is 5.41 Å². The highest BCUT2D eigenvalue weighted by Gasteiger charge is 2.46. The molecule has 3 heteroatoms. The van der Waals surface area contributed by atoms with E-state index in [4.69, 9.17) is 9.47 Å². The Hall–Kier alpha value is -0.120. The lowest BCUT2D eigenvalue weighted by Gasteiger charge is -2.29. The summed E-state index contributed by atoms with van der Waals surface area (Å²) < 4.78 is 11.4. The van der Waals surface area contributed by atoms with Crippen LogP contribution >= 0.6 is 0 Å². The highest BCUT2D eigenvalue weighted by Crippen LogP contribution is 2.45. The van der Waals surface area contributed by atoms with Crippen molar-refractivity contribution in [2.45, 2.75) is 32.1 Å². The van der Waals surface area contributed by atoms with Gasteiger partial charge in [-0.05, 0) is 44.1 Å². The van der Waals surface area contributed by atoms with Gasteiger partial charge in [0.05, 0.1) is 6.61 Å². The minimum absolute atomic E-state index is 0.491. The van der Waals surface area contributed by atoms with Crippen molar-refractivity contribution in [1.82, 2.24) is 5.32 Å². The third kappa shape index (κ3) is 2.51. The molecule has 0 amide bonds. The fourth-order valence-corrected chi connectivity index (χ4v) is 3.84. The van der Waals surface area contributed by atoms with Crippen LogP contribution in [0.5, 0.6) is 0 Å². The summed E-state index contributed by atoms with van der Waals surface area (Å²) in [5, 5.41) is 3.55. The normalized spacial score (nSPS) is 38.5. The molecule has 0 spiro atoms. The summed E-state index contributed by atoms with van der Waals surface area (Å²) in [6.45, 7) is 6.22. The number of ether oxygens (including phenoxy) is 2. The minimum atomic E-state index is 0.491. The minimum Gasteiger partial charge on any atom is -0.381 e. The van der Waals surface area contributed by atoms with E-state index in [2.05, 4.69) is 5.32 Å². The molecule has 0 aromatic heterocycles. The number of hydrogen-bond acceptors (Lipinski definition) is 3. The molecule has 0 radical (unpaired) electrons. The predicted octanol–water partition coefficient (Wildman–Crippen LogP) is 1.82. The molecule has 3 fully saturated rings. The van der Waals surface area contributed by atoms with Crippen molar-refractivity contribution in [3.63, 3.8) is 0 Å². The van der Waals surface area contributed by atoms with E-state index in [1.165, 1.54) is 45.2 Å². The van der Waals surface area contributed by atoms with Crippen molar-refractivity contribution in [2.75, 3.05) is 39.5 Å². The number of rotatable bonds is 4. The Balaban J connectivity index is 1.44. The Labute approximate surface area is 104 Å². The Morgan fingerprint density at radius 2 is 2.12 bits per heavy atom. The average Bonchev–Trinajstić information content (AvgIpc) is 2.89. The molecular formula is C14H25NO2. The Morgan fingerprint density at radius 1 is 1.24 bits per heavy atom. The van der Waals surface area contributed by atoms with Crippen LogP contribution in [0.15, 0.2) is 0 Å². The summed E-state index contributed by atoms with van der Waals surface area (Å²) in [7, 11) is 0. The van der Waals surface area contributed by atoms with Gasteiger partial charge in [-0.2, -0.15) is 0 Å². The van der Waals surface area contributed by atoms with Gasteiger partial charge >= 0.3 is 0 Å². The fourth-order valence-electron chi connectivity index (χ4n) is 3.84. The summed E-state index contributed by atoms with van der Waals surface area (Å²) in [4.78, 5) is 0. The summed E-state index contributed by atoms with van der Waals surface area (Å²) in [5.74, 6) is 1.63. The fraction of sp³-hybridized carbons (Fsp3) is 1.00. The Morgan fingerprint density at radius 3 is 3.00 bits per heavy atom. The molecule has 3 aliphatic rings. The molecule has 0 unspecified atom stereocenters. The summed E-state index contributed by atoms with van der Waals surface area (Å²) in [6, 6.07) is 0. The molecule has 2 heterocycles. The molecule has 0 bridgehead atoms. The maximum atomic E-state index is 6.07. The second kappa shape index (κ2) is 5.25. The van der Waals surface area contributed by atoms with Crippen LogP contribution in [0, 0.1) is 17.3 Å². The van der Waals surface area contributed by atoms with E-state index in [1.54, 1.807) is 0 Å². The molecule has 3 rings (SSSR count). The van der Waals surface area contributed by atoms with Gasteiger partial charge in [-0.1, -0.05) is 6.42 Å². The van der Waals surface area contributed by atoms with Crippen LogP contribution in [0.2, 0.25) is 0 Å². The summed E-state index contributed by atoms with van der Waals surface area (Å²) in [5.41, 5.74) is 0.491. The monoisotopic (exact) mass is 239 g/mol. The average molecular weight is 239 g/mol. The summed E-state index contributed by atoms with van der Waals surface area (Å²) in [6.07, 6.45) is 6.57. The zero-order valence-electron chi connectivity index (χ0n) is 10.7. The molecule has 0 aromatic rings. The molecular weight excluding hydrogens is 214 g/mol. The highest BCUT2D eigenvalue weighted by molar-refractivity contribution is 4.99. The maximum absolute atomic E-state index is 6.07. The molecule has 1 aliphatic carbocycles. The van der Waals surface area contributed by atoms with Gasteiger partial charge < -0.3 is 14.8 Å². The first kappa shape index (κ1) is 11.9. The first-order valence-electron chi connectivity index (χ1n) is 7.25. The van der Waals surface area contributed by atoms with Gasteiger partial charge in [-0.3, -0.25) is 0 Å². The summed E-state index contributed by atoms with van der Waals surface area (Å²) >= 11 is 0. The standard InChI is InChI=1S/C14H25NO2/c1-2-13-8-15-10-14(13,5-1)11-17-9-12-3-6-16-7-4-12/h12-13,15H,1-11H2/t13-,14-/m0/s1. The second-order valence-electron chi connectivity index (χ2n) is 6.15. The first-order valence-corrected chi connectivity index (χ1v) is 7.25. The van der Waals surface area contributed by atoms with Crippen molar-refractivity contribution < 1.29 is 9.47 Å². The molecule has 1 N–H and O–H groups in total. The van der Waals surface area contributed by atoms with E-state index < -0.39 is 0 Å². The smallest absolute Gasteiger partial charge is 0.0537 e. The zero-order valence-corrected chi connectivity index (χ0v) is 10.7. The topological polar surface area (TPSA) is 30.5 Å². The van der Waals surface area contributed by atoms with Crippen molar-refractivity contribution >= 4 is 0 Å². The van der Waals surface area contributed by atoms with Crippen LogP contribution in [-0.4, -0.2) is 39.5 Å². The lowest BCUT2D eigenvalue weighted by atomic mass is 9.81.